The molecule has 0 aliphatic heterocycles. The van der Waals surface area contributed by atoms with E-state index in [0.29, 0.717) is 5.92 Å². The molecule has 0 radical (unpaired) electrons. The highest BCUT2D eigenvalue weighted by atomic mass is 14.9. The zero-order chi connectivity index (χ0) is 11.2. The van der Waals surface area contributed by atoms with E-state index in [9.17, 15) is 0 Å². The van der Waals surface area contributed by atoms with Crippen molar-refractivity contribution >= 4 is 0 Å². The van der Waals surface area contributed by atoms with Gasteiger partial charge in [0.25, 0.3) is 0 Å². The van der Waals surface area contributed by atoms with Crippen molar-refractivity contribution < 1.29 is 0 Å². The summed E-state index contributed by atoms with van der Waals surface area (Å²) in [6.45, 7) is 4.65. The average Bonchev–Trinajstić information content (AvgIpc) is 3.13. The highest BCUT2D eigenvalue weighted by Gasteiger charge is 2.21. The number of hydrogen-bond acceptors (Lipinski definition) is 1. The Morgan fingerprint density at radius 2 is 2.00 bits per heavy atom. The summed E-state index contributed by atoms with van der Waals surface area (Å²) in [5, 5.41) is 3.63. The Labute approximate surface area is 99.3 Å². The second-order valence-corrected chi connectivity index (χ2v) is 5.00. The van der Waals surface area contributed by atoms with Crippen LogP contribution in [-0.2, 0) is 0 Å². The van der Waals surface area contributed by atoms with E-state index < -0.39 is 0 Å². The zero-order valence-corrected chi connectivity index (χ0v) is 10.3. The molecule has 0 heterocycles. The molecule has 88 valence electrons. The van der Waals surface area contributed by atoms with Crippen LogP contribution in [0, 0.1) is 5.92 Å². The first-order valence-corrected chi connectivity index (χ1v) is 6.65. The van der Waals surface area contributed by atoms with Crippen LogP contribution in [0.2, 0.25) is 0 Å². The van der Waals surface area contributed by atoms with Crippen LogP contribution >= 0.6 is 0 Å². The molecule has 1 atom stereocenters. The van der Waals surface area contributed by atoms with Crippen LogP contribution in [0.25, 0.3) is 0 Å². The first-order valence-electron chi connectivity index (χ1n) is 6.65. The number of nitrogens with one attached hydrogen (secondary N) is 1. The Hall–Kier alpha value is -0.820. The Morgan fingerprint density at radius 1 is 1.25 bits per heavy atom. The highest BCUT2D eigenvalue weighted by Crippen LogP contribution is 2.28. The van der Waals surface area contributed by atoms with Crippen LogP contribution in [0.5, 0.6) is 0 Å². The van der Waals surface area contributed by atoms with E-state index >= 15 is 0 Å². The largest absolute Gasteiger partial charge is 0.316 e. The highest BCUT2D eigenvalue weighted by molar-refractivity contribution is 5.19. The van der Waals surface area contributed by atoms with Crippen molar-refractivity contribution in [3.63, 3.8) is 0 Å². The Balaban J connectivity index is 1.83. The van der Waals surface area contributed by atoms with Gasteiger partial charge in [-0.05, 0) is 43.2 Å². The Kier molecular flexibility index (Phi) is 4.41. The Morgan fingerprint density at radius 3 is 2.62 bits per heavy atom. The van der Waals surface area contributed by atoms with Crippen molar-refractivity contribution in [3.8, 4) is 0 Å². The van der Waals surface area contributed by atoms with Crippen molar-refractivity contribution in [1.29, 1.82) is 0 Å². The van der Waals surface area contributed by atoms with Gasteiger partial charge in [-0.25, -0.2) is 0 Å². The standard InChI is InChI=1S/C15H23N/c1-2-6-15(12-16-11-13-9-10-13)14-7-4-3-5-8-14/h3-5,7-8,13,15-16H,2,6,9-12H2,1H3. The van der Waals surface area contributed by atoms with Crippen molar-refractivity contribution in [2.24, 2.45) is 5.92 Å². The lowest BCUT2D eigenvalue weighted by molar-refractivity contribution is 0.531. The van der Waals surface area contributed by atoms with Crippen molar-refractivity contribution in [1.82, 2.24) is 5.32 Å². The molecule has 1 fully saturated rings. The minimum absolute atomic E-state index is 0.699. The van der Waals surface area contributed by atoms with E-state index in [1.165, 1.54) is 37.8 Å². The third-order valence-corrected chi connectivity index (χ3v) is 3.43. The maximum atomic E-state index is 3.63. The zero-order valence-electron chi connectivity index (χ0n) is 10.3. The van der Waals surface area contributed by atoms with E-state index in [0.717, 1.165) is 12.5 Å². The summed E-state index contributed by atoms with van der Waals surface area (Å²) in [5.41, 5.74) is 1.49. The number of rotatable bonds is 7. The van der Waals surface area contributed by atoms with Crippen LogP contribution in [0.3, 0.4) is 0 Å². The van der Waals surface area contributed by atoms with Crippen molar-refractivity contribution in [2.75, 3.05) is 13.1 Å². The molecule has 1 aromatic carbocycles. The molecule has 1 unspecified atom stereocenters. The monoisotopic (exact) mass is 217 g/mol. The first-order chi connectivity index (χ1) is 7.90. The first kappa shape index (κ1) is 11.7. The fourth-order valence-corrected chi connectivity index (χ4v) is 2.24. The van der Waals surface area contributed by atoms with Gasteiger partial charge in [0.05, 0.1) is 0 Å². The lowest BCUT2D eigenvalue weighted by Gasteiger charge is -2.17. The topological polar surface area (TPSA) is 12.0 Å². The predicted molar refractivity (Wildman–Crippen MR) is 69.7 cm³/mol. The summed E-state index contributed by atoms with van der Waals surface area (Å²) in [4.78, 5) is 0. The van der Waals surface area contributed by atoms with Crippen LogP contribution in [0.4, 0.5) is 0 Å². The summed E-state index contributed by atoms with van der Waals surface area (Å²) in [6.07, 6.45) is 5.44. The van der Waals surface area contributed by atoms with Crippen LogP contribution in [0.1, 0.15) is 44.1 Å². The van der Waals surface area contributed by atoms with Crippen LogP contribution in [0.15, 0.2) is 30.3 Å². The molecule has 1 N–H and O–H groups in total. The van der Waals surface area contributed by atoms with Gasteiger partial charge in [0.2, 0.25) is 0 Å². The van der Waals surface area contributed by atoms with E-state index in [1.807, 2.05) is 0 Å². The third-order valence-electron chi connectivity index (χ3n) is 3.43. The maximum Gasteiger partial charge on any atom is 0.00202 e. The van der Waals surface area contributed by atoms with Gasteiger partial charge >= 0.3 is 0 Å². The SMILES string of the molecule is CCCC(CNCC1CC1)c1ccccc1. The van der Waals surface area contributed by atoms with Gasteiger partial charge in [-0.1, -0.05) is 43.7 Å². The molecule has 0 spiro atoms. The van der Waals surface area contributed by atoms with Crippen molar-refractivity contribution in [2.45, 2.75) is 38.5 Å². The molecule has 1 nitrogen and oxygen atoms in total. The third kappa shape index (κ3) is 3.64. The quantitative estimate of drug-likeness (QED) is 0.736. The molecule has 16 heavy (non-hydrogen) atoms. The van der Waals surface area contributed by atoms with Gasteiger partial charge < -0.3 is 5.32 Å². The van der Waals surface area contributed by atoms with Crippen LogP contribution < -0.4 is 5.32 Å². The summed E-state index contributed by atoms with van der Waals surface area (Å²) >= 11 is 0. The Bertz CT molecular complexity index is 290. The van der Waals surface area contributed by atoms with E-state index in [-0.39, 0.29) is 0 Å². The second kappa shape index (κ2) is 6.05. The fraction of sp³-hybridized carbons (Fsp3) is 0.600. The lowest BCUT2D eigenvalue weighted by Crippen LogP contribution is -2.23. The second-order valence-electron chi connectivity index (χ2n) is 5.00. The van der Waals surface area contributed by atoms with Gasteiger partial charge in [-0.2, -0.15) is 0 Å². The molecular formula is C15H23N. The molecule has 1 aliphatic carbocycles. The predicted octanol–water partition coefficient (Wildman–Crippen LogP) is 3.57. The number of benzene rings is 1. The molecule has 1 heteroatoms. The molecule has 1 aliphatic rings. The molecule has 0 amide bonds. The van der Waals surface area contributed by atoms with Gasteiger partial charge in [0.1, 0.15) is 0 Å². The van der Waals surface area contributed by atoms with E-state index in [1.54, 1.807) is 0 Å². The minimum Gasteiger partial charge on any atom is -0.316 e. The van der Waals surface area contributed by atoms with Crippen molar-refractivity contribution in [3.05, 3.63) is 35.9 Å². The van der Waals surface area contributed by atoms with E-state index in [4.69, 9.17) is 0 Å². The summed E-state index contributed by atoms with van der Waals surface area (Å²) < 4.78 is 0. The summed E-state index contributed by atoms with van der Waals surface area (Å²) in [5.74, 6) is 1.68. The fourth-order valence-electron chi connectivity index (χ4n) is 2.24. The normalized spacial score (nSPS) is 17.3. The lowest BCUT2D eigenvalue weighted by atomic mass is 9.94. The molecule has 0 bridgehead atoms. The molecular weight excluding hydrogens is 194 g/mol. The van der Waals surface area contributed by atoms with Gasteiger partial charge in [-0.15, -0.1) is 0 Å². The smallest absolute Gasteiger partial charge is 0.00202 e. The average molecular weight is 217 g/mol. The molecule has 0 aromatic heterocycles. The summed E-state index contributed by atoms with van der Waals surface area (Å²) in [7, 11) is 0. The van der Waals surface area contributed by atoms with Crippen LogP contribution in [-0.4, -0.2) is 13.1 Å². The molecule has 1 aromatic rings. The molecule has 1 saturated carbocycles. The minimum atomic E-state index is 0.699. The number of hydrogen-bond donors (Lipinski definition) is 1. The molecule has 0 saturated heterocycles. The maximum absolute atomic E-state index is 3.63. The summed E-state index contributed by atoms with van der Waals surface area (Å²) in [6, 6.07) is 10.9. The van der Waals surface area contributed by atoms with Gasteiger partial charge in [0.15, 0.2) is 0 Å². The molecule has 2 rings (SSSR count). The van der Waals surface area contributed by atoms with E-state index in [2.05, 4.69) is 42.6 Å². The van der Waals surface area contributed by atoms with Gasteiger partial charge in [0, 0.05) is 6.54 Å². The van der Waals surface area contributed by atoms with Gasteiger partial charge in [-0.3, -0.25) is 0 Å².